The normalized spacial score (nSPS) is 10.9. The summed E-state index contributed by atoms with van der Waals surface area (Å²) in [4.78, 5) is 11.6. The van der Waals surface area contributed by atoms with E-state index in [1.54, 1.807) is 0 Å². The second-order valence-corrected chi connectivity index (χ2v) is 5.24. The van der Waals surface area contributed by atoms with Crippen molar-refractivity contribution >= 4 is 11.7 Å². The molecule has 0 aromatic heterocycles. The average molecular weight is 261 g/mol. The van der Waals surface area contributed by atoms with Crippen molar-refractivity contribution in [1.82, 2.24) is 5.32 Å². The Kier molecular flexibility index (Phi) is 5.16. The Hall–Kier alpha value is -1.77. The fraction of sp³-hybridized carbons (Fsp3) is 0.438. The summed E-state index contributed by atoms with van der Waals surface area (Å²) < 4.78 is 5.05. The van der Waals surface area contributed by atoms with Crippen molar-refractivity contribution in [1.29, 1.82) is 0 Å². The largest absolute Gasteiger partial charge is 0.450 e. The molecule has 0 aliphatic heterocycles. The number of amides is 1. The third kappa shape index (κ3) is 4.43. The SMILES string of the molecule is C=C(C)c1ccc(C(C)(C)NC(=O)OCCC)cc1. The lowest BCUT2D eigenvalue weighted by molar-refractivity contribution is 0.136. The van der Waals surface area contributed by atoms with E-state index in [1.807, 2.05) is 52.0 Å². The van der Waals surface area contributed by atoms with Gasteiger partial charge in [0.25, 0.3) is 0 Å². The molecule has 19 heavy (non-hydrogen) atoms. The molecular formula is C16H23NO2. The van der Waals surface area contributed by atoms with E-state index in [0.29, 0.717) is 6.61 Å². The topological polar surface area (TPSA) is 38.3 Å². The molecule has 0 atom stereocenters. The minimum atomic E-state index is -0.460. The van der Waals surface area contributed by atoms with Crippen LogP contribution in [0.3, 0.4) is 0 Å². The molecule has 1 amide bonds. The molecule has 0 bridgehead atoms. The van der Waals surface area contributed by atoms with E-state index in [4.69, 9.17) is 4.74 Å². The molecule has 0 saturated carbocycles. The molecule has 1 aromatic rings. The summed E-state index contributed by atoms with van der Waals surface area (Å²) in [5.41, 5.74) is 2.71. The molecule has 0 fully saturated rings. The van der Waals surface area contributed by atoms with Crippen LogP contribution in [0, 0.1) is 0 Å². The zero-order chi connectivity index (χ0) is 14.5. The third-order valence-electron chi connectivity index (χ3n) is 2.95. The summed E-state index contributed by atoms with van der Waals surface area (Å²) in [5, 5.41) is 2.87. The number of hydrogen-bond acceptors (Lipinski definition) is 2. The lowest BCUT2D eigenvalue weighted by atomic mass is 9.93. The lowest BCUT2D eigenvalue weighted by Gasteiger charge is -2.26. The van der Waals surface area contributed by atoms with E-state index in [0.717, 1.165) is 23.1 Å². The molecule has 3 nitrogen and oxygen atoms in total. The Morgan fingerprint density at radius 3 is 2.37 bits per heavy atom. The van der Waals surface area contributed by atoms with Gasteiger partial charge in [0.2, 0.25) is 0 Å². The quantitative estimate of drug-likeness (QED) is 0.867. The first-order valence-electron chi connectivity index (χ1n) is 6.58. The zero-order valence-corrected chi connectivity index (χ0v) is 12.2. The molecule has 0 unspecified atom stereocenters. The van der Waals surface area contributed by atoms with Crippen LogP contribution in [0.15, 0.2) is 30.8 Å². The third-order valence-corrected chi connectivity index (χ3v) is 2.95. The predicted molar refractivity (Wildman–Crippen MR) is 79.0 cm³/mol. The van der Waals surface area contributed by atoms with Gasteiger partial charge in [-0.2, -0.15) is 0 Å². The molecule has 0 aliphatic rings. The molecular weight excluding hydrogens is 238 g/mol. The summed E-state index contributed by atoms with van der Waals surface area (Å²) in [6, 6.07) is 8.03. The molecule has 3 heteroatoms. The van der Waals surface area contributed by atoms with Gasteiger partial charge in [-0.15, -0.1) is 0 Å². The number of carbonyl (C=O) groups is 1. The number of nitrogens with one attached hydrogen (secondary N) is 1. The van der Waals surface area contributed by atoms with Crippen LogP contribution in [0.2, 0.25) is 0 Å². The van der Waals surface area contributed by atoms with Crippen LogP contribution in [-0.4, -0.2) is 12.7 Å². The molecule has 1 N–H and O–H groups in total. The number of ether oxygens (including phenoxy) is 1. The Morgan fingerprint density at radius 2 is 1.89 bits per heavy atom. The molecule has 104 valence electrons. The van der Waals surface area contributed by atoms with Crippen LogP contribution in [0.4, 0.5) is 4.79 Å². The van der Waals surface area contributed by atoms with Crippen molar-refractivity contribution in [3.8, 4) is 0 Å². The summed E-state index contributed by atoms with van der Waals surface area (Å²) in [5.74, 6) is 0. The standard InChI is InChI=1S/C16H23NO2/c1-6-11-19-15(18)17-16(4,5)14-9-7-13(8-10-14)12(2)3/h7-10H,2,6,11H2,1,3-5H3,(H,17,18). The van der Waals surface area contributed by atoms with E-state index in [1.165, 1.54) is 0 Å². The molecule has 1 aromatic carbocycles. The van der Waals surface area contributed by atoms with Crippen molar-refractivity contribution < 1.29 is 9.53 Å². The summed E-state index contributed by atoms with van der Waals surface area (Å²) >= 11 is 0. The van der Waals surface area contributed by atoms with Gasteiger partial charge in [0, 0.05) is 0 Å². The van der Waals surface area contributed by atoms with E-state index in [2.05, 4.69) is 11.9 Å². The van der Waals surface area contributed by atoms with Gasteiger partial charge in [0.15, 0.2) is 0 Å². The first kappa shape index (κ1) is 15.3. The van der Waals surface area contributed by atoms with E-state index >= 15 is 0 Å². The Bertz CT molecular complexity index is 446. The van der Waals surface area contributed by atoms with Gasteiger partial charge in [-0.1, -0.05) is 43.3 Å². The number of benzene rings is 1. The maximum Gasteiger partial charge on any atom is 0.407 e. The van der Waals surface area contributed by atoms with E-state index in [-0.39, 0.29) is 6.09 Å². The van der Waals surface area contributed by atoms with Crippen LogP contribution in [-0.2, 0) is 10.3 Å². The van der Waals surface area contributed by atoms with Gasteiger partial charge in [0.1, 0.15) is 0 Å². The second kappa shape index (κ2) is 6.41. The molecule has 0 spiro atoms. The molecule has 1 rings (SSSR count). The number of rotatable bonds is 5. The molecule has 0 aliphatic carbocycles. The highest BCUT2D eigenvalue weighted by molar-refractivity contribution is 5.68. The van der Waals surface area contributed by atoms with Crippen LogP contribution in [0.5, 0.6) is 0 Å². The summed E-state index contributed by atoms with van der Waals surface area (Å²) in [6.07, 6.45) is 0.442. The van der Waals surface area contributed by atoms with Gasteiger partial charge in [-0.25, -0.2) is 4.79 Å². The molecule has 0 radical (unpaired) electrons. The van der Waals surface area contributed by atoms with Gasteiger partial charge in [-0.3, -0.25) is 0 Å². The van der Waals surface area contributed by atoms with Crippen LogP contribution in [0.25, 0.3) is 5.57 Å². The number of hydrogen-bond donors (Lipinski definition) is 1. The maximum atomic E-state index is 11.6. The Balaban J connectivity index is 2.76. The first-order valence-corrected chi connectivity index (χ1v) is 6.58. The highest BCUT2D eigenvalue weighted by atomic mass is 16.5. The van der Waals surface area contributed by atoms with Crippen LogP contribution < -0.4 is 5.32 Å². The van der Waals surface area contributed by atoms with Gasteiger partial charge < -0.3 is 10.1 Å². The molecule has 0 heterocycles. The number of allylic oxidation sites excluding steroid dienone is 1. The Morgan fingerprint density at radius 1 is 1.32 bits per heavy atom. The van der Waals surface area contributed by atoms with Gasteiger partial charge in [0.05, 0.1) is 12.1 Å². The highest BCUT2D eigenvalue weighted by Gasteiger charge is 2.23. The minimum Gasteiger partial charge on any atom is -0.450 e. The van der Waals surface area contributed by atoms with E-state index in [9.17, 15) is 4.79 Å². The summed E-state index contributed by atoms with van der Waals surface area (Å²) in [7, 11) is 0. The maximum absolute atomic E-state index is 11.6. The second-order valence-electron chi connectivity index (χ2n) is 5.24. The summed E-state index contributed by atoms with van der Waals surface area (Å²) in [6.45, 7) is 12.2. The Labute approximate surface area is 115 Å². The number of alkyl carbamates (subject to hydrolysis) is 1. The fourth-order valence-corrected chi connectivity index (χ4v) is 1.73. The van der Waals surface area contributed by atoms with Crippen LogP contribution >= 0.6 is 0 Å². The number of carbonyl (C=O) groups excluding carboxylic acids is 1. The van der Waals surface area contributed by atoms with Crippen molar-refractivity contribution in [3.05, 3.63) is 42.0 Å². The zero-order valence-electron chi connectivity index (χ0n) is 12.2. The highest BCUT2D eigenvalue weighted by Crippen LogP contribution is 2.22. The van der Waals surface area contributed by atoms with Gasteiger partial charge >= 0.3 is 6.09 Å². The fourth-order valence-electron chi connectivity index (χ4n) is 1.73. The predicted octanol–water partition coefficient (Wildman–Crippen LogP) is 4.09. The van der Waals surface area contributed by atoms with Crippen molar-refractivity contribution in [2.45, 2.75) is 39.7 Å². The average Bonchev–Trinajstić information content (AvgIpc) is 2.36. The van der Waals surface area contributed by atoms with Gasteiger partial charge in [-0.05, 0) is 38.3 Å². The monoisotopic (exact) mass is 261 g/mol. The first-order chi connectivity index (χ1) is 8.86. The van der Waals surface area contributed by atoms with Crippen molar-refractivity contribution in [2.24, 2.45) is 0 Å². The molecule has 0 saturated heterocycles. The van der Waals surface area contributed by atoms with Crippen LogP contribution in [0.1, 0.15) is 45.2 Å². The lowest BCUT2D eigenvalue weighted by Crippen LogP contribution is -2.41. The van der Waals surface area contributed by atoms with Crippen molar-refractivity contribution in [3.63, 3.8) is 0 Å². The van der Waals surface area contributed by atoms with E-state index < -0.39 is 5.54 Å². The minimum absolute atomic E-state index is 0.379. The van der Waals surface area contributed by atoms with Crippen molar-refractivity contribution in [2.75, 3.05) is 6.61 Å². The smallest absolute Gasteiger partial charge is 0.407 e.